The number of para-hydroxylation sites is 1. The van der Waals surface area contributed by atoms with Crippen molar-refractivity contribution >= 4 is 28.4 Å². The van der Waals surface area contributed by atoms with Crippen LogP contribution in [0.2, 0.25) is 0 Å². The Kier molecular flexibility index (Phi) is 6.48. The summed E-state index contributed by atoms with van der Waals surface area (Å²) in [4.78, 5) is 28.4. The Balaban J connectivity index is 1.42. The third-order valence-electron chi connectivity index (χ3n) is 6.35. The molecule has 2 heterocycles. The van der Waals surface area contributed by atoms with Gasteiger partial charge in [0.05, 0.1) is 30.7 Å². The molecule has 0 saturated heterocycles. The van der Waals surface area contributed by atoms with Crippen LogP contribution in [0.25, 0.3) is 22.0 Å². The van der Waals surface area contributed by atoms with E-state index in [2.05, 4.69) is 15.6 Å². The fraction of sp³-hybridized carbons (Fsp3) is 0.241. The maximum Gasteiger partial charge on any atom is 0.255 e. The van der Waals surface area contributed by atoms with Crippen LogP contribution in [0.4, 0.5) is 5.69 Å². The van der Waals surface area contributed by atoms with Crippen LogP contribution in [-0.2, 0) is 17.6 Å². The Bertz CT molecular complexity index is 1440. The zero-order chi connectivity index (χ0) is 25.2. The molecule has 2 amide bonds. The van der Waals surface area contributed by atoms with Crippen LogP contribution in [0.3, 0.4) is 0 Å². The van der Waals surface area contributed by atoms with Crippen molar-refractivity contribution in [2.24, 2.45) is 0 Å². The van der Waals surface area contributed by atoms with Crippen LogP contribution in [0, 0.1) is 0 Å². The molecule has 0 bridgehead atoms. The highest BCUT2D eigenvalue weighted by molar-refractivity contribution is 6.01. The minimum atomic E-state index is -0.470. The first kappa shape index (κ1) is 23.6. The minimum absolute atomic E-state index is 0.0202. The number of ether oxygens (including phenoxy) is 1. The van der Waals surface area contributed by atoms with Gasteiger partial charge in [-0.25, -0.2) is 0 Å². The van der Waals surface area contributed by atoms with Gasteiger partial charge in [0, 0.05) is 22.8 Å². The molecule has 184 valence electrons. The lowest BCUT2D eigenvalue weighted by Crippen LogP contribution is -2.39. The molecule has 7 nitrogen and oxygen atoms in total. The number of nitrogens with one attached hydrogen (secondary N) is 3. The highest BCUT2D eigenvalue weighted by Crippen LogP contribution is 2.32. The number of carbonyl (C=O) groups is 2. The standard InChI is InChI=1S/C29H29N3O4/c1-17(2)36-27-10-9-18(19-7-8-20-14-28(34)32-26(20)13-19)12-24(27)29(35)31-22(16-33)11-21-15-30-25-6-4-3-5-23(21)25/h3-10,12-13,15,17,22,30,33H,11,14,16H2,1-2H3,(H,31,35)(H,32,34)/t22-/m1/s1. The summed E-state index contributed by atoms with van der Waals surface area (Å²) in [5.74, 6) is 0.137. The van der Waals surface area contributed by atoms with Crippen molar-refractivity contribution in [3.05, 3.63) is 83.6 Å². The lowest BCUT2D eigenvalue weighted by molar-refractivity contribution is -0.115. The molecule has 36 heavy (non-hydrogen) atoms. The Morgan fingerprint density at radius 2 is 1.86 bits per heavy atom. The summed E-state index contributed by atoms with van der Waals surface area (Å²) in [6, 6.07) is 18.8. The Labute approximate surface area is 209 Å². The summed E-state index contributed by atoms with van der Waals surface area (Å²) in [7, 11) is 0. The molecule has 0 radical (unpaired) electrons. The molecule has 5 rings (SSSR count). The van der Waals surface area contributed by atoms with Crippen LogP contribution in [0.5, 0.6) is 5.75 Å². The zero-order valence-electron chi connectivity index (χ0n) is 20.3. The van der Waals surface area contributed by atoms with E-state index < -0.39 is 6.04 Å². The summed E-state index contributed by atoms with van der Waals surface area (Å²) < 4.78 is 5.94. The fourth-order valence-electron chi connectivity index (χ4n) is 4.63. The topological polar surface area (TPSA) is 103 Å². The van der Waals surface area contributed by atoms with Gasteiger partial charge in [0.2, 0.25) is 5.91 Å². The van der Waals surface area contributed by atoms with Crippen molar-refractivity contribution in [2.75, 3.05) is 11.9 Å². The van der Waals surface area contributed by atoms with Gasteiger partial charge in [-0.3, -0.25) is 9.59 Å². The molecule has 0 spiro atoms. The molecule has 1 atom stereocenters. The Hall–Kier alpha value is -4.10. The van der Waals surface area contributed by atoms with Crippen molar-refractivity contribution < 1.29 is 19.4 Å². The number of amides is 2. The van der Waals surface area contributed by atoms with E-state index in [9.17, 15) is 14.7 Å². The van der Waals surface area contributed by atoms with Gasteiger partial charge in [0.15, 0.2) is 0 Å². The lowest BCUT2D eigenvalue weighted by atomic mass is 9.99. The van der Waals surface area contributed by atoms with Crippen molar-refractivity contribution in [3.8, 4) is 16.9 Å². The molecular weight excluding hydrogens is 454 g/mol. The first-order chi connectivity index (χ1) is 17.4. The van der Waals surface area contributed by atoms with Crippen molar-refractivity contribution in [1.29, 1.82) is 0 Å². The maximum absolute atomic E-state index is 13.5. The SMILES string of the molecule is CC(C)Oc1ccc(-c2ccc3c(c2)NC(=O)C3)cc1C(=O)N[C@@H](CO)Cc1c[nH]c2ccccc12. The minimum Gasteiger partial charge on any atom is -0.490 e. The summed E-state index contributed by atoms with van der Waals surface area (Å²) in [5, 5.41) is 17.0. The van der Waals surface area contributed by atoms with Gasteiger partial charge in [-0.15, -0.1) is 0 Å². The van der Waals surface area contributed by atoms with Crippen LogP contribution in [0.1, 0.15) is 35.3 Å². The molecular formula is C29H29N3O4. The van der Waals surface area contributed by atoms with Gasteiger partial charge in [-0.1, -0.05) is 36.4 Å². The number of aliphatic hydroxyl groups is 1. The third-order valence-corrected chi connectivity index (χ3v) is 6.35. The van der Waals surface area contributed by atoms with Gasteiger partial charge in [0.25, 0.3) is 5.91 Å². The van der Waals surface area contributed by atoms with Crippen molar-refractivity contribution in [2.45, 2.75) is 38.8 Å². The second kappa shape index (κ2) is 9.87. The van der Waals surface area contributed by atoms with E-state index in [4.69, 9.17) is 4.74 Å². The highest BCUT2D eigenvalue weighted by atomic mass is 16.5. The molecule has 1 aromatic heterocycles. The van der Waals surface area contributed by atoms with Gasteiger partial charge < -0.3 is 25.5 Å². The number of fused-ring (bicyclic) bond motifs is 2. The first-order valence-electron chi connectivity index (χ1n) is 12.1. The number of hydrogen-bond acceptors (Lipinski definition) is 4. The number of aromatic amines is 1. The van der Waals surface area contributed by atoms with Gasteiger partial charge in [-0.2, -0.15) is 0 Å². The third kappa shape index (κ3) is 4.83. The van der Waals surface area contributed by atoms with Gasteiger partial charge >= 0.3 is 0 Å². The predicted molar refractivity (Wildman–Crippen MR) is 140 cm³/mol. The number of carbonyl (C=O) groups excluding carboxylic acids is 2. The average Bonchev–Trinajstić information content (AvgIpc) is 3.45. The monoisotopic (exact) mass is 483 g/mol. The molecule has 7 heteroatoms. The van der Waals surface area contributed by atoms with E-state index in [1.165, 1.54) is 0 Å². The van der Waals surface area contributed by atoms with Crippen LogP contribution < -0.4 is 15.4 Å². The Morgan fingerprint density at radius 3 is 2.67 bits per heavy atom. The number of H-pyrrole nitrogens is 1. The molecule has 0 saturated carbocycles. The Morgan fingerprint density at radius 1 is 1.08 bits per heavy atom. The summed E-state index contributed by atoms with van der Waals surface area (Å²) in [5.41, 5.74) is 5.91. The second-order valence-electron chi connectivity index (χ2n) is 9.39. The molecule has 3 aromatic carbocycles. The van der Waals surface area contributed by atoms with Crippen LogP contribution in [0.15, 0.2) is 66.9 Å². The van der Waals surface area contributed by atoms with Gasteiger partial charge in [0.1, 0.15) is 5.75 Å². The zero-order valence-corrected chi connectivity index (χ0v) is 20.3. The normalized spacial score (nSPS) is 13.5. The predicted octanol–water partition coefficient (Wildman–Crippen LogP) is 4.45. The molecule has 1 aliphatic heterocycles. The smallest absolute Gasteiger partial charge is 0.255 e. The summed E-state index contributed by atoms with van der Waals surface area (Å²) in [6.07, 6.45) is 2.66. The van der Waals surface area contributed by atoms with E-state index in [-0.39, 0.29) is 24.5 Å². The van der Waals surface area contributed by atoms with Gasteiger partial charge in [-0.05, 0) is 66.8 Å². The molecule has 4 N–H and O–H groups in total. The number of hydrogen-bond donors (Lipinski definition) is 4. The molecule has 0 fully saturated rings. The molecule has 4 aromatic rings. The van der Waals surface area contributed by atoms with Crippen LogP contribution in [-0.4, -0.2) is 40.7 Å². The quantitative estimate of drug-likeness (QED) is 0.297. The van der Waals surface area contributed by atoms with Crippen molar-refractivity contribution in [3.63, 3.8) is 0 Å². The largest absolute Gasteiger partial charge is 0.490 e. The lowest BCUT2D eigenvalue weighted by Gasteiger charge is -2.19. The average molecular weight is 484 g/mol. The second-order valence-corrected chi connectivity index (χ2v) is 9.39. The van der Waals surface area contributed by atoms with E-state index in [1.807, 2.05) is 68.6 Å². The van der Waals surface area contributed by atoms with E-state index in [0.717, 1.165) is 38.8 Å². The van der Waals surface area contributed by atoms with Crippen molar-refractivity contribution in [1.82, 2.24) is 10.3 Å². The number of rotatable bonds is 8. The number of anilines is 1. The number of aromatic nitrogens is 1. The first-order valence-corrected chi connectivity index (χ1v) is 12.1. The fourth-order valence-corrected chi connectivity index (χ4v) is 4.63. The van der Waals surface area contributed by atoms with E-state index in [0.29, 0.717) is 24.2 Å². The number of benzene rings is 3. The van der Waals surface area contributed by atoms with E-state index in [1.54, 1.807) is 12.1 Å². The van der Waals surface area contributed by atoms with E-state index >= 15 is 0 Å². The molecule has 0 unspecified atom stereocenters. The molecule has 0 aliphatic carbocycles. The summed E-state index contributed by atoms with van der Waals surface area (Å²) in [6.45, 7) is 3.62. The van der Waals surface area contributed by atoms with Crippen LogP contribution >= 0.6 is 0 Å². The summed E-state index contributed by atoms with van der Waals surface area (Å²) >= 11 is 0. The highest BCUT2D eigenvalue weighted by Gasteiger charge is 2.21. The molecule has 1 aliphatic rings. The maximum atomic E-state index is 13.5. The number of aliphatic hydroxyl groups excluding tert-OH is 1.